The number of nitrogen functional groups attached to an aromatic ring is 1. The molecule has 0 bridgehead atoms. The molecule has 0 unspecified atom stereocenters. The lowest BCUT2D eigenvalue weighted by Gasteiger charge is -2.19. The molecular formula is C30H26N2O5S. The van der Waals surface area contributed by atoms with Crippen LogP contribution in [-0.2, 0) is 9.84 Å². The standard InChI is InChI=1S/C30H26N2O5S/c1-19-26(18-11-21-9-12-23(13-10-21)22-7-5-4-6-8-22)28(31)20(2)29(27(19)30(33)32-34)38(35,36)25-16-14-24(37-3)15-17-25/h4-10,12-17,34H,31H2,1-3H3,(H,32,33). The Kier molecular flexibility index (Phi) is 7.53. The molecule has 8 heteroatoms. The Morgan fingerprint density at radius 1 is 0.868 bits per heavy atom. The number of anilines is 1. The monoisotopic (exact) mass is 526 g/mol. The number of sulfone groups is 1. The van der Waals surface area contributed by atoms with Crippen LogP contribution in [0, 0.1) is 25.7 Å². The third kappa shape index (κ3) is 4.98. The molecule has 0 aliphatic heterocycles. The third-order valence-corrected chi connectivity index (χ3v) is 8.22. The van der Waals surface area contributed by atoms with E-state index in [1.807, 2.05) is 54.6 Å². The van der Waals surface area contributed by atoms with Crippen molar-refractivity contribution in [3.8, 4) is 28.7 Å². The van der Waals surface area contributed by atoms with Crippen molar-refractivity contribution in [3.63, 3.8) is 0 Å². The zero-order chi connectivity index (χ0) is 27.4. The van der Waals surface area contributed by atoms with Gasteiger partial charge in [0.25, 0.3) is 5.91 Å². The van der Waals surface area contributed by atoms with Crippen LogP contribution in [0.4, 0.5) is 5.69 Å². The van der Waals surface area contributed by atoms with Crippen molar-refractivity contribution in [1.82, 2.24) is 5.48 Å². The summed E-state index contributed by atoms with van der Waals surface area (Å²) in [4.78, 5) is 12.4. The van der Waals surface area contributed by atoms with Crippen molar-refractivity contribution in [2.45, 2.75) is 23.6 Å². The van der Waals surface area contributed by atoms with E-state index in [0.717, 1.165) is 11.1 Å². The van der Waals surface area contributed by atoms with Gasteiger partial charge in [0.1, 0.15) is 5.75 Å². The predicted octanol–water partition coefficient (Wildman–Crippen LogP) is 4.91. The minimum atomic E-state index is -4.20. The summed E-state index contributed by atoms with van der Waals surface area (Å²) in [6, 6.07) is 23.4. The molecule has 4 N–H and O–H groups in total. The van der Waals surface area contributed by atoms with Gasteiger partial charge in [0.05, 0.1) is 33.7 Å². The molecule has 0 radical (unpaired) electrons. The number of methoxy groups -OCH3 is 1. The summed E-state index contributed by atoms with van der Waals surface area (Å²) in [5, 5.41) is 9.44. The summed E-state index contributed by atoms with van der Waals surface area (Å²) in [7, 11) is -2.73. The average molecular weight is 527 g/mol. The quantitative estimate of drug-likeness (QED) is 0.147. The van der Waals surface area contributed by atoms with Gasteiger partial charge in [0.15, 0.2) is 0 Å². The summed E-state index contributed by atoms with van der Waals surface area (Å²) >= 11 is 0. The molecular weight excluding hydrogens is 500 g/mol. The fraction of sp³-hybridized carbons (Fsp3) is 0.100. The van der Waals surface area contributed by atoms with Crippen molar-refractivity contribution in [1.29, 1.82) is 0 Å². The van der Waals surface area contributed by atoms with Crippen LogP contribution in [0.3, 0.4) is 0 Å². The maximum Gasteiger partial charge on any atom is 0.276 e. The molecule has 0 aromatic heterocycles. The Labute approximate surface area is 221 Å². The zero-order valence-electron chi connectivity index (χ0n) is 21.1. The molecule has 0 fully saturated rings. The van der Waals surface area contributed by atoms with E-state index in [2.05, 4.69) is 11.8 Å². The molecule has 4 aromatic carbocycles. The van der Waals surface area contributed by atoms with E-state index in [4.69, 9.17) is 10.5 Å². The van der Waals surface area contributed by atoms with Crippen molar-refractivity contribution in [2.75, 3.05) is 12.8 Å². The summed E-state index contributed by atoms with van der Waals surface area (Å²) in [6.07, 6.45) is 0. The Morgan fingerprint density at radius 3 is 2.05 bits per heavy atom. The first-order chi connectivity index (χ1) is 18.2. The van der Waals surface area contributed by atoms with Gasteiger partial charge in [0, 0.05) is 5.56 Å². The number of nitrogens with two attached hydrogens (primary N) is 1. The predicted molar refractivity (Wildman–Crippen MR) is 146 cm³/mol. The van der Waals surface area contributed by atoms with Gasteiger partial charge in [-0.1, -0.05) is 54.3 Å². The van der Waals surface area contributed by atoms with E-state index >= 15 is 0 Å². The Balaban J connectivity index is 1.83. The van der Waals surface area contributed by atoms with Gasteiger partial charge in [-0.15, -0.1) is 0 Å². The van der Waals surface area contributed by atoms with Crippen molar-refractivity contribution < 1.29 is 23.2 Å². The molecule has 0 heterocycles. The van der Waals surface area contributed by atoms with Gasteiger partial charge in [-0.2, -0.15) is 0 Å². The van der Waals surface area contributed by atoms with E-state index in [0.29, 0.717) is 16.9 Å². The molecule has 0 atom stereocenters. The number of hydrogen-bond donors (Lipinski definition) is 3. The second kappa shape index (κ2) is 10.8. The lowest BCUT2D eigenvalue weighted by Crippen LogP contribution is -2.25. The van der Waals surface area contributed by atoms with E-state index in [-0.39, 0.29) is 32.2 Å². The Hall–Kier alpha value is -4.58. The third-order valence-electron chi connectivity index (χ3n) is 6.28. The summed E-state index contributed by atoms with van der Waals surface area (Å²) in [6.45, 7) is 3.06. The highest BCUT2D eigenvalue weighted by Crippen LogP contribution is 2.36. The minimum absolute atomic E-state index is 0.0514. The number of carbonyl (C=O) groups is 1. The molecule has 7 nitrogen and oxygen atoms in total. The first-order valence-electron chi connectivity index (χ1n) is 11.6. The number of hydroxylamine groups is 1. The summed E-state index contributed by atoms with van der Waals surface area (Å²) in [5.41, 5.74) is 11.4. The molecule has 0 aliphatic rings. The smallest absolute Gasteiger partial charge is 0.276 e. The van der Waals surface area contributed by atoms with Crippen LogP contribution in [0.1, 0.15) is 32.6 Å². The maximum atomic E-state index is 13.6. The average Bonchev–Trinajstić information content (AvgIpc) is 2.95. The SMILES string of the molecule is COc1ccc(S(=O)(=O)c2c(C)c(N)c(C#Cc3ccc(-c4ccccc4)cc3)c(C)c2C(=O)NO)cc1. The maximum absolute atomic E-state index is 13.6. The van der Waals surface area contributed by atoms with Crippen LogP contribution in [-0.4, -0.2) is 26.6 Å². The van der Waals surface area contributed by atoms with Gasteiger partial charge in [0.2, 0.25) is 9.84 Å². The molecule has 4 rings (SSSR count). The highest BCUT2D eigenvalue weighted by molar-refractivity contribution is 7.91. The van der Waals surface area contributed by atoms with Crippen molar-refractivity contribution in [2.24, 2.45) is 0 Å². The van der Waals surface area contributed by atoms with Crippen LogP contribution >= 0.6 is 0 Å². The Bertz CT molecular complexity index is 1670. The lowest BCUT2D eigenvalue weighted by atomic mass is 9.96. The van der Waals surface area contributed by atoms with E-state index < -0.39 is 15.7 Å². The number of hydrogen-bond acceptors (Lipinski definition) is 6. The molecule has 0 saturated carbocycles. The van der Waals surface area contributed by atoms with Gasteiger partial charge in [-0.05, 0) is 72.5 Å². The number of carbonyl (C=O) groups excluding carboxylic acids is 1. The van der Waals surface area contributed by atoms with Crippen LogP contribution in [0.2, 0.25) is 0 Å². The van der Waals surface area contributed by atoms with Crippen LogP contribution < -0.4 is 16.0 Å². The van der Waals surface area contributed by atoms with Crippen LogP contribution in [0.15, 0.2) is 88.7 Å². The first-order valence-corrected chi connectivity index (χ1v) is 13.1. The number of amides is 1. The first kappa shape index (κ1) is 26.5. The van der Waals surface area contributed by atoms with Crippen molar-refractivity contribution >= 4 is 21.4 Å². The topological polar surface area (TPSA) is 119 Å². The van der Waals surface area contributed by atoms with Gasteiger partial charge < -0.3 is 10.5 Å². The fourth-order valence-corrected chi connectivity index (χ4v) is 5.96. The normalized spacial score (nSPS) is 10.8. The summed E-state index contributed by atoms with van der Waals surface area (Å²) < 4.78 is 32.4. The molecule has 38 heavy (non-hydrogen) atoms. The zero-order valence-corrected chi connectivity index (χ0v) is 21.9. The Morgan fingerprint density at radius 2 is 1.47 bits per heavy atom. The number of nitrogens with one attached hydrogen (secondary N) is 1. The van der Waals surface area contributed by atoms with E-state index in [1.54, 1.807) is 12.4 Å². The van der Waals surface area contributed by atoms with Crippen LogP contribution in [0.5, 0.6) is 5.75 Å². The molecule has 0 spiro atoms. The molecule has 192 valence electrons. The van der Waals surface area contributed by atoms with Gasteiger partial charge >= 0.3 is 0 Å². The van der Waals surface area contributed by atoms with Gasteiger partial charge in [-0.25, -0.2) is 13.9 Å². The molecule has 4 aromatic rings. The van der Waals surface area contributed by atoms with Gasteiger partial charge in [-0.3, -0.25) is 10.0 Å². The molecule has 0 aliphatic carbocycles. The summed E-state index contributed by atoms with van der Waals surface area (Å²) in [5.74, 6) is 5.55. The molecule has 0 saturated heterocycles. The highest BCUT2D eigenvalue weighted by atomic mass is 32.2. The van der Waals surface area contributed by atoms with Crippen LogP contribution in [0.25, 0.3) is 11.1 Å². The largest absolute Gasteiger partial charge is 0.497 e. The highest BCUT2D eigenvalue weighted by Gasteiger charge is 2.31. The molecule has 1 amide bonds. The number of rotatable bonds is 5. The second-order valence-electron chi connectivity index (χ2n) is 8.56. The minimum Gasteiger partial charge on any atom is -0.497 e. The number of benzene rings is 4. The number of ether oxygens (including phenoxy) is 1. The van der Waals surface area contributed by atoms with E-state index in [9.17, 15) is 18.4 Å². The fourth-order valence-electron chi connectivity index (χ4n) is 4.20. The van der Waals surface area contributed by atoms with E-state index in [1.165, 1.54) is 38.3 Å². The van der Waals surface area contributed by atoms with Crippen molar-refractivity contribution in [3.05, 3.63) is 107 Å². The second-order valence-corrected chi connectivity index (χ2v) is 10.4. The lowest BCUT2D eigenvalue weighted by molar-refractivity contribution is 0.0701.